The predicted octanol–water partition coefficient (Wildman–Crippen LogP) is 5.01. The van der Waals surface area contributed by atoms with Gasteiger partial charge in [0.1, 0.15) is 5.75 Å². The summed E-state index contributed by atoms with van der Waals surface area (Å²) in [5.74, 6) is 0.935. The maximum atomic E-state index is 5.76. The van der Waals surface area contributed by atoms with E-state index in [-0.39, 0.29) is 0 Å². The van der Waals surface area contributed by atoms with E-state index in [2.05, 4.69) is 40.2 Å². The molecule has 0 radical (unpaired) electrons. The summed E-state index contributed by atoms with van der Waals surface area (Å²) in [6, 6.07) is 16.5. The van der Waals surface area contributed by atoms with Crippen molar-refractivity contribution < 1.29 is 4.74 Å². The fourth-order valence-corrected chi connectivity index (χ4v) is 2.73. The van der Waals surface area contributed by atoms with E-state index in [1.165, 1.54) is 24.0 Å². The highest BCUT2D eigenvalue weighted by Crippen LogP contribution is 2.29. The number of hydrogen-bond donors (Lipinski definition) is 1. The molecule has 3 heteroatoms. The molecule has 0 spiro atoms. The number of unbranched alkanes of at least 4 members (excludes halogenated alkanes) is 3. The molecule has 0 aliphatic heterocycles. The molecule has 0 atom stereocenters. The van der Waals surface area contributed by atoms with Crippen molar-refractivity contribution in [2.24, 2.45) is 5.73 Å². The summed E-state index contributed by atoms with van der Waals surface area (Å²) in [5, 5.41) is 0. The van der Waals surface area contributed by atoms with Crippen LogP contribution in [0.1, 0.15) is 25.7 Å². The first-order valence-electron chi connectivity index (χ1n) is 7.49. The molecule has 2 nitrogen and oxygen atoms in total. The van der Waals surface area contributed by atoms with Crippen molar-refractivity contribution >= 4 is 15.9 Å². The second-order valence-electron chi connectivity index (χ2n) is 5.06. The highest BCUT2D eigenvalue weighted by atomic mass is 79.9. The third-order valence-corrected chi connectivity index (χ3v) is 4.10. The van der Waals surface area contributed by atoms with Gasteiger partial charge < -0.3 is 10.5 Å². The number of benzene rings is 2. The lowest BCUT2D eigenvalue weighted by atomic mass is 10.1. The van der Waals surface area contributed by atoms with E-state index in [9.17, 15) is 0 Å². The van der Waals surface area contributed by atoms with Gasteiger partial charge in [-0.2, -0.15) is 0 Å². The largest absolute Gasteiger partial charge is 0.494 e. The lowest BCUT2D eigenvalue weighted by Gasteiger charge is -2.08. The Morgan fingerprint density at radius 1 is 0.857 bits per heavy atom. The monoisotopic (exact) mass is 347 g/mol. The number of nitrogens with two attached hydrogens (primary N) is 1. The quantitative estimate of drug-likeness (QED) is 0.680. The third-order valence-electron chi connectivity index (χ3n) is 3.41. The molecule has 0 aromatic heterocycles. The third kappa shape index (κ3) is 5.18. The van der Waals surface area contributed by atoms with Crippen molar-refractivity contribution in [3.63, 3.8) is 0 Å². The van der Waals surface area contributed by atoms with Crippen molar-refractivity contribution in [1.82, 2.24) is 0 Å². The van der Waals surface area contributed by atoms with Gasteiger partial charge in [-0.15, -0.1) is 0 Å². The maximum Gasteiger partial charge on any atom is 0.119 e. The highest BCUT2D eigenvalue weighted by molar-refractivity contribution is 9.10. The van der Waals surface area contributed by atoms with Crippen LogP contribution >= 0.6 is 15.9 Å². The Morgan fingerprint density at radius 2 is 1.57 bits per heavy atom. The van der Waals surface area contributed by atoms with Crippen LogP contribution in [0.2, 0.25) is 0 Å². The van der Waals surface area contributed by atoms with Gasteiger partial charge in [0.05, 0.1) is 6.61 Å². The number of halogens is 1. The molecule has 0 unspecified atom stereocenters. The zero-order valence-electron chi connectivity index (χ0n) is 12.2. The Morgan fingerprint density at radius 3 is 2.29 bits per heavy atom. The van der Waals surface area contributed by atoms with Gasteiger partial charge in [-0.05, 0) is 48.7 Å². The van der Waals surface area contributed by atoms with Crippen LogP contribution in [0, 0.1) is 0 Å². The summed E-state index contributed by atoms with van der Waals surface area (Å²) in [4.78, 5) is 0. The lowest BCUT2D eigenvalue weighted by Crippen LogP contribution is -2.00. The van der Waals surface area contributed by atoms with Gasteiger partial charge in [0.25, 0.3) is 0 Å². The minimum atomic E-state index is 0.777. The average Bonchev–Trinajstić information content (AvgIpc) is 2.52. The van der Waals surface area contributed by atoms with Gasteiger partial charge in [-0.3, -0.25) is 0 Å². The van der Waals surface area contributed by atoms with Gasteiger partial charge >= 0.3 is 0 Å². The summed E-state index contributed by atoms with van der Waals surface area (Å²) in [7, 11) is 0. The second-order valence-corrected chi connectivity index (χ2v) is 5.91. The molecule has 0 aliphatic rings. The van der Waals surface area contributed by atoms with Crippen LogP contribution < -0.4 is 10.5 Å². The van der Waals surface area contributed by atoms with Gasteiger partial charge in [0.15, 0.2) is 0 Å². The molecule has 0 heterocycles. The topological polar surface area (TPSA) is 35.2 Å². The summed E-state index contributed by atoms with van der Waals surface area (Å²) in [6.45, 7) is 1.57. The number of hydrogen-bond acceptors (Lipinski definition) is 2. The van der Waals surface area contributed by atoms with Crippen molar-refractivity contribution in [2.45, 2.75) is 25.7 Å². The van der Waals surface area contributed by atoms with Crippen LogP contribution in [-0.2, 0) is 0 Å². The normalized spacial score (nSPS) is 10.6. The van der Waals surface area contributed by atoms with Crippen molar-refractivity contribution in [3.8, 4) is 16.9 Å². The first-order valence-corrected chi connectivity index (χ1v) is 8.28. The van der Waals surface area contributed by atoms with Crippen LogP contribution in [0.3, 0.4) is 0 Å². The van der Waals surface area contributed by atoms with Gasteiger partial charge in [-0.25, -0.2) is 0 Å². The van der Waals surface area contributed by atoms with E-state index >= 15 is 0 Å². The number of rotatable bonds is 8. The first-order chi connectivity index (χ1) is 10.3. The second kappa shape index (κ2) is 8.85. The minimum Gasteiger partial charge on any atom is -0.494 e. The van der Waals surface area contributed by atoms with Crippen LogP contribution in [0.15, 0.2) is 53.0 Å². The molecule has 0 amide bonds. The molecule has 0 aliphatic carbocycles. The zero-order chi connectivity index (χ0) is 14.9. The van der Waals surface area contributed by atoms with Crippen LogP contribution in [0.5, 0.6) is 5.75 Å². The zero-order valence-corrected chi connectivity index (χ0v) is 13.8. The van der Waals surface area contributed by atoms with Crippen LogP contribution in [-0.4, -0.2) is 13.2 Å². The molecule has 2 aromatic carbocycles. The van der Waals surface area contributed by atoms with Crippen LogP contribution in [0.4, 0.5) is 0 Å². The maximum absolute atomic E-state index is 5.76. The molecule has 0 bridgehead atoms. The summed E-state index contributed by atoms with van der Waals surface area (Å²) in [5.41, 5.74) is 7.86. The molecule has 21 heavy (non-hydrogen) atoms. The summed E-state index contributed by atoms with van der Waals surface area (Å²) < 4.78 is 6.87. The Balaban J connectivity index is 1.84. The lowest BCUT2D eigenvalue weighted by molar-refractivity contribution is 0.305. The van der Waals surface area contributed by atoms with E-state index in [0.717, 1.165) is 36.2 Å². The van der Waals surface area contributed by atoms with Gasteiger partial charge in [-0.1, -0.05) is 59.1 Å². The summed E-state index contributed by atoms with van der Waals surface area (Å²) >= 11 is 3.58. The van der Waals surface area contributed by atoms with E-state index < -0.39 is 0 Å². The first kappa shape index (κ1) is 16.1. The Bertz CT molecular complexity index is 539. The molecule has 0 saturated heterocycles. The molecule has 0 saturated carbocycles. The Hall–Kier alpha value is -1.32. The highest BCUT2D eigenvalue weighted by Gasteiger charge is 2.02. The van der Waals surface area contributed by atoms with Gasteiger partial charge in [0, 0.05) is 4.47 Å². The molecule has 0 fully saturated rings. The van der Waals surface area contributed by atoms with Crippen LogP contribution in [0.25, 0.3) is 11.1 Å². The smallest absolute Gasteiger partial charge is 0.119 e. The number of ether oxygens (including phenoxy) is 1. The predicted molar refractivity (Wildman–Crippen MR) is 92.6 cm³/mol. The Labute approximate surface area is 135 Å². The fourth-order valence-electron chi connectivity index (χ4n) is 2.22. The standard InChI is InChI=1S/C18H22BrNO/c19-18-8-4-3-7-17(18)15-9-11-16(12-10-15)21-14-6-2-1-5-13-20/h3-4,7-12H,1-2,5-6,13-14,20H2. The van der Waals surface area contributed by atoms with E-state index in [4.69, 9.17) is 10.5 Å². The van der Waals surface area contributed by atoms with E-state index in [1.807, 2.05) is 24.3 Å². The minimum absolute atomic E-state index is 0.777. The van der Waals surface area contributed by atoms with Gasteiger partial charge in [0.2, 0.25) is 0 Å². The molecule has 112 valence electrons. The Kier molecular flexibility index (Phi) is 6.77. The fraction of sp³-hybridized carbons (Fsp3) is 0.333. The van der Waals surface area contributed by atoms with Crippen molar-refractivity contribution in [1.29, 1.82) is 0 Å². The van der Waals surface area contributed by atoms with E-state index in [0.29, 0.717) is 0 Å². The average molecular weight is 348 g/mol. The molecular weight excluding hydrogens is 326 g/mol. The van der Waals surface area contributed by atoms with E-state index in [1.54, 1.807) is 0 Å². The SMILES string of the molecule is NCCCCCCOc1ccc(-c2ccccc2Br)cc1. The summed E-state index contributed by atoms with van der Waals surface area (Å²) in [6.07, 6.45) is 4.58. The molecular formula is C18H22BrNO. The van der Waals surface area contributed by atoms with Crippen molar-refractivity contribution in [2.75, 3.05) is 13.2 Å². The molecule has 2 aromatic rings. The molecule has 2 N–H and O–H groups in total. The molecule has 2 rings (SSSR count). The van der Waals surface area contributed by atoms with Crippen molar-refractivity contribution in [3.05, 3.63) is 53.0 Å².